The molecule has 0 spiro atoms. The number of halogens is 5. The van der Waals surface area contributed by atoms with Crippen molar-refractivity contribution in [1.29, 1.82) is 0 Å². The Bertz CT molecular complexity index is 1310. The van der Waals surface area contributed by atoms with E-state index >= 15 is 4.39 Å². The summed E-state index contributed by atoms with van der Waals surface area (Å²) >= 11 is 3.04. The Morgan fingerprint density at radius 3 is 2.65 bits per heavy atom. The first-order valence-corrected chi connectivity index (χ1v) is 11.1. The molecule has 2 aromatic carbocycles. The highest BCUT2D eigenvalue weighted by molar-refractivity contribution is 14.1. The highest BCUT2D eigenvalue weighted by Gasteiger charge is 2.24. The van der Waals surface area contributed by atoms with Gasteiger partial charge in [0.2, 0.25) is 5.78 Å². The van der Waals surface area contributed by atoms with Crippen LogP contribution in [0.1, 0.15) is 21.5 Å². The highest BCUT2D eigenvalue weighted by Crippen LogP contribution is 2.28. The second kappa shape index (κ2) is 8.99. The molecular formula is C22H13F4IN2OS. The van der Waals surface area contributed by atoms with Crippen LogP contribution in [0.25, 0.3) is 11.0 Å². The van der Waals surface area contributed by atoms with E-state index in [0.29, 0.717) is 11.0 Å². The van der Waals surface area contributed by atoms with Gasteiger partial charge in [-0.25, -0.2) is 22.5 Å². The number of aromatic amines is 1. The number of hydrogen-bond acceptors (Lipinski definition) is 3. The molecule has 31 heavy (non-hydrogen) atoms. The molecule has 0 atom stereocenters. The molecule has 1 N–H and O–H groups in total. The number of ketones is 1. The van der Waals surface area contributed by atoms with E-state index in [1.54, 1.807) is 12.3 Å². The zero-order chi connectivity index (χ0) is 22.1. The molecule has 0 amide bonds. The number of aromatic nitrogens is 2. The molecule has 0 bridgehead atoms. The third kappa shape index (κ3) is 4.47. The number of aryl methyl sites for hydroxylation is 1. The van der Waals surface area contributed by atoms with E-state index in [1.165, 1.54) is 12.3 Å². The van der Waals surface area contributed by atoms with Crippen LogP contribution in [0, 0.1) is 26.8 Å². The van der Waals surface area contributed by atoms with Gasteiger partial charge in [0.1, 0.15) is 28.9 Å². The fourth-order valence-electron chi connectivity index (χ4n) is 3.16. The molecule has 0 aliphatic heterocycles. The summed E-state index contributed by atoms with van der Waals surface area (Å²) < 4.78 is 57.4. The Balaban J connectivity index is 1.60. The molecule has 0 aliphatic carbocycles. The number of carbonyl (C=O) groups excluding carboxylic acids is 1. The Hall–Kier alpha value is -2.40. The largest absolute Gasteiger partial charge is 0.345 e. The fourth-order valence-corrected chi connectivity index (χ4v) is 4.55. The minimum atomic E-state index is -0.969. The number of benzene rings is 2. The summed E-state index contributed by atoms with van der Waals surface area (Å²) in [6.07, 6.45) is 3.08. The molecular weight excluding hydrogens is 543 g/mol. The molecule has 0 fully saturated rings. The number of carbonyl (C=O) groups is 1. The second-order valence-corrected chi connectivity index (χ2v) is 9.03. The van der Waals surface area contributed by atoms with Crippen LogP contribution in [0.2, 0.25) is 0 Å². The van der Waals surface area contributed by atoms with Crippen LogP contribution in [0.5, 0.6) is 0 Å². The molecule has 9 heteroatoms. The molecule has 0 unspecified atom stereocenters. The summed E-state index contributed by atoms with van der Waals surface area (Å²) in [7, 11) is 0. The Morgan fingerprint density at radius 2 is 1.84 bits per heavy atom. The van der Waals surface area contributed by atoms with Gasteiger partial charge in [0.15, 0.2) is 0 Å². The van der Waals surface area contributed by atoms with E-state index in [0.717, 1.165) is 39.6 Å². The summed E-state index contributed by atoms with van der Waals surface area (Å²) in [5.74, 6) is -3.67. The molecule has 2 heterocycles. The normalized spacial score (nSPS) is 11.3. The van der Waals surface area contributed by atoms with E-state index in [2.05, 4.69) is 9.97 Å². The molecule has 0 saturated carbocycles. The number of thioether (sulfide) groups is 1. The first kappa shape index (κ1) is 21.8. The molecule has 0 saturated heterocycles. The Kier molecular flexibility index (Phi) is 6.33. The molecule has 0 radical (unpaired) electrons. The van der Waals surface area contributed by atoms with Gasteiger partial charge in [-0.2, -0.15) is 0 Å². The average molecular weight is 556 g/mol. The molecule has 0 aliphatic rings. The van der Waals surface area contributed by atoms with Crippen molar-refractivity contribution in [2.45, 2.75) is 11.3 Å². The summed E-state index contributed by atoms with van der Waals surface area (Å²) in [6, 6.07) is 7.08. The summed E-state index contributed by atoms with van der Waals surface area (Å²) in [5, 5.41) is 0.471. The fraction of sp³-hybridized carbons (Fsp3) is 0.0909. The van der Waals surface area contributed by atoms with Gasteiger partial charge in [-0.05, 0) is 64.9 Å². The van der Waals surface area contributed by atoms with Crippen molar-refractivity contribution >= 4 is 51.2 Å². The van der Waals surface area contributed by atoms with Crippen molar-refractivity contribution < 1.29 is 22.4 Å². The predicted octanol–water partition coefficient (Wildman–Crippen LogP) is 6.29. The van der Waals surface area contributed by atoms with Crippen LogP contribution in [-0.4, -0.2) is 21.5 Å². The van der Waals surface area contributed by atoms with Crippen LogP contribution in [0.3, 0.4) is 0 Å². The first-order valence-electron chi connectivity index (χ1n) is 9.07. The van der Waals surface area contributed by atoms with Gasteiger partial charge in [0.25, 0.3) is 0 Å². The molecule has 158 valence electrons. The third-order valence-corrected chi connectivity index (χ3v) is 6.28. The van der Waals surface area contributed by atoms with Gasteiger partial charge in [0, 0.05) is 37.6 Å². The molecule has 4 rings (SSSR count). The quantitative estimate of drug-likeness (QED) is 0.132. The lowest BCUT2D eigenvalue weighted by atomic mass is 9.99. The van der Waals surface area contributed by atoms with Gasteiger partial charge < -0.3 is 4.98 Å². The number of nitrogens with one attached hydrogen (secondary N) is 1. The van der Waals surface area contributed by atoms with Gasteiger partial charge in [-0.1, -0.05) is 6.07 Å². The summed E-state index contributed by atoms with van der Waals surface area (Å²) in [5.41, 5.74) is 0.0160. The summed E-state index contributed by atoms with van der Waals surface area (Å²) in [6.45, 7) is 0. The SMILES string of the molecule is O=C(c1c(F)ccc(CCSc2cc(F)ccc2F)c1F)c1c[nH]c2ncc(I)cc12. The number of nitrogens with zero attached hydrogens (tertiary/aromatic N) is 1. The predicted molar refractivity (Wildman–Crippen MR) is 119 cm³/mol. The minimum Gasteiger partial charge on any atom is -0.345 e. The van der Waals surface area contributed by atoms with Gasteiger partial charge >= 0.3 is 0 Å². The van der Waals surface area contributed by atoms with Crippen LogP contribution < -0.4 is 0 Å². The van der Waals surface area contributed by atoms with E-state index < -0.39 is 34.6 Å². The lowest BCUT2D eigenvalue weighted by Gasteiger charge is -2.09. The Labute approximate surface area is 192 Å². The lowest BCUT2D eigenvalue weighted by Crippen LogP contribution is -2.10. The van der Waals surface area contributed by atoms with E-state index in [4.69, 9.17) is 0 Å². The zero-order valence-corrected chi connectivity index (χ0v) is 18.7. The standard InChI is InChI=1S/C22H13F4IN2OS/c23-12-2-4-16(24)18(7-12)31-6-5-11-1-3-17(25)19(20(11)26)21(30)15-10-29-22-14(15)8-13(27)9-28-22/h1-4,7-10H,5-6H2,(H,28,29). The molecule has 4 aromatic rings. The topological polar surface area (TPSA) is 45.8 Å². The van der Waals surface area contributed by atoms with Crippen LogP contribution in [-0.2, 0) is 6.42 Å². The third-order valence-electron chi connectivity index (χ3n) is 4.66. The zero-order valence-electron chi connectivity index (χ0n) is 15.7. The van der Waals surface area contributed by atoms with E-state index in [-0.39, 0.29) is 28.2 Å². The van der Waals surface area contributed by atoms with Crippen LogP contribution in [0.4, 0.5) is 17.6 Å². The van der Waals surface area contributed by atoms with Gasteiger partial charge in [0.05, 0.1) is 5.56 Å². The maximum atomic E-state index is 15.1. The van der Waals surface area contributed by atoms with Gasteiger partial charge in [-0.15, -0.1) is 11.8 Å². The minimum absolute atomic E-state index is 0.0970. The molecule has 2 aromatic heterocycles. The Morgan fingerprint density at radius 1 is 1.06 bits per heavy atom. The number of fused-ring (bicyclic) bond motifs is 1. The van der Waals surface area contributed by atoms with Crippen LogP contribution >= 0.6 is 34.4 Å². The highest BCUT2D eigenvalue weighted by atomic mass is 127. The maximum Gasteiger partial charge on any atom is 0.201 e. The van der Waals surface area contributed by atoms with Crippen molar-refractivity contribution in [1.82, 2.24) is 9.97 Å². The first-order chi connectivity index (χ1) is 14.8. The smallest absolute Gasteiger partial charge is 0.201 e. The maximum absolute atomic E-state index is 15.1. The van der Waals surface area contributed by atoms with Crippen molar-refractivity contribution in [3.05, 3.63) is 92.3 Å². The number of H-pyrrole nitrogens is 1. The number of hydrogen-bond donors (Lipinski definition) is 1. The van der Waals surface area contributed by atoms with Crippen molar-refractivity contribution in [2.24, 2.45) is 0 Å². The van der Waals surface area contributed by atoms with Crippen LogP contribution in [0.15, 0.2) is 53.7 Å². The average Bonchev–Trinajstić information content (AvgIpc) is 3.15. The van der Waals surface area contributed by atoms with Crippen molar-refractivity contribution in [3.8, 4) is 0 Å². The second-order valence-electron chi connectivity index (χ2n) is 6.65. The van der Waals surface area contributed by atoms with Gasteiger partial charge in [-0.3, -0.25) is 4.79 Å². The summed E-state index contributed by atoms with van der Waals surface area (Å²) in [4.78, 5) is 20.1. The monoisotopic (exact) mass is 556 g/mol. The lowest BCUT2D eigenvalue weighted by molar-refractivity contribution is 0.103. The number of pyridine rings is 1. The van der Waals surface area contributed by atoms with E-state index in [9.17, 15) is 18.0 Å². The molecule has 3 nitrogen and oxygen atoms in total. The van der Waals surface area contributed by atoms with E-state index in [1.807, 2.05) is 22.6 Å². The number of rotatable bonds is 6. The van der Waals surface area contributed by atoms with Crippen molar-refractivity contribution in [2.75, 3.05) is 5.75 Å². The van der Waals surface area contributed by atoms with Crippen molar-refractivity contribution in [3.63, 3.8) is 0 Å².